The Labute approximate surface area is 161 Å². The van der Waals surface area contributed by atoms with E-state index in [1.54, 1.807) is 12.1 Å². The minimum absolute atomic E-state index is 0.0987. The van der Waals surface area contributed by atoms with Crippen molar-refractivity contribution in [1.29, 1.82) is 0 Å². The second-order valence-electron chi connectivity index (χ2n) is 6.94. The highest BCUT2D eigenvalue weighted by Crippen LogP contribution is 2.26. The fourth-order valence-corrected chi connectivity index (χ4v) is 3.29. The number of benzene rings is 2. The molecule has 3 aromatic rings. The van der Waals surface area contributed by atoms with Crippen molar-refractivity contribution in [2.24, 2.45) is 0 Å². The number of rotatable bonds is 4. The Kier molecular flexibility index (Phi) is 4.88. The molecule has 1 fully saturated rings. The molecule has 6 heteroatoms. The molecule has 4 rings (SSSR count). The first-order valence-corrected chi connectivity index (χ1v) is 9.14. The van der Waals surface area contributed by atoms with Crippen molar-refractivity contribution in [2.75, 3.05) is 6.61 Å². The van der Waals surface area contributed by atoms with Crippen LogP contribution in [0.1, 0.15) is 24.0 Å². The number of carbonyl (C=O) groups excluding carboxylic acids is 1. The molecule has 1 aromatic heterocycles. The highest BCUT2D eigenvalue weighted by molar-refractivity contribution is 5.82. The maximum Gasteiger partial charge on any atom is 0.340 e. The van der Waals surface area contributed by atoms with Crippen LogP contribution in [0.15, 0.2) is 51.9 Å². The van der Waals surface area contributed by atoms with Gasteiger partial charge in [0.25, 0.3) is 0 Å². The molecule has 1 saturated heterocycles. The molecule has 0 N–H and O–H groups in total. The van der Waals surface area contributed by atoms with Gasteiger partial charge >= 0.3 is 5.97 Å². The molecule has 0 saturated carbocycles. The summed E-state index contributed by atoms with van der Waals surface area (Å²) in [5, 5.41) is 0.346. The number of ether oxygens (including phenoxy) is 3. The van der Waals surface area contributed by atoms with Crippen molar-refractivity contribution in [1.82, 2.24) is 0 Å². The largest absolute Gasteiger partial charge is 0.460 e. The monoisotopic (exact) mass is 380 g/mol. The molecule has 144 valence electrons. The minimum atomic E-state index is -0.531. The van der Waals surface area contributed by atoms with E-state index in [-0.39, 0.29) is 11.2 Å². The van der Waals surface area contributed by atoms with E-state index in [1.165, 1.54) is 12.3 Å². The van der Waals surface area contributed by atoms with Crippen molar-refractivity contribution < 1.29 is 23.4 Å². The van der Waals surface area contributed by atoms with Gasteiger partial charge in [0.05, 0.1) is 5.39 Å². The zero-order valence-electron chi connectivity index (χ0n) is 15.7. The normalized spacial score (nSPS) is 16.3. The quantitative estimate of drug-likeness (QED) is 0.497. The van der Waals surface area contributed by atoms with Crippen LogP contribution in [-0.2, 0) is 9.53 Å². The number of aryl methyl sites for hydroxylation is 2. The lowest BCUT2D eigenvalue weighted by Gasteiger charge is -2.10. The lowest BCUT2D eigenvalue weighted by atomic mass is 10.1. The molecule has 0 amide bonds. The number of carbonyl (C=O) groups is 1. The summed E-state index contributed by atoms with van der Waals surface area (Å²) in [4.78, 5) is 24.8. The fraction of sp³-hybridized carbons (Fsp3) is 0.273. The van der Waals surface area contributed by atoms with Crippen LogP contribution >= 0.6 is 0 Å². The maximum absolute atomic E-state index is 12.7. The Balaban J connectivity index is 1.59. The van der Waals surface area contributed by atoms with Crippen LogP contribution in [0.25, 0.3) is 11.0 Å². The van der Waals surface area contributed by atoms with Crippen LogP contribution in [0.3, 0.4) is 0 Å². The van der Waals surface area contributed by atoms with Crippen LogP contribution in [0.2, 0.25) is 0 Å². The highest BCUT2D eigenvalue weighted by Gasteiger charge is 2.25. The molecular formula is C22H20O6. The second kappa shape index (κ2) is 7.48. The van der Waals surface area contributed by atoms with Gasteiger partial charge in [0.1, 0.15) is 23.3 Å². The molecule has 0 aliphatic carbocycles. The first-order valence-electron chi connectivity index (χ1n) is 9.14. The molecule has 0 spiro atoms. The lowest BCUT2D eigenvalue weighted by Crippen LogP contribution is -2.24. The average molecular weight is 380 g/mol. The zero-order chi connectivity index (χ0) is 19.7. The summed E-state index contributed by atoms with van der Waals surface area (Å²) in [6.07, 6.45) is 2.24. The van der Waals surface area contributed by atoms with Gasteiger partial charge in [-0.2, -0.15) is 0 Å². The van der Waals surface area contributed by atoms with Gasteiger partial charge in [0, 0.05) is 12.7 Å². The number of fused-ring (bicyclic) bond motifs is 1. The molecule has 6 nitrogen and oxygen atoms in total. The maximum atomic E-state index is 12.7. The van der Waals surface area contributed by atoms with E-state index in [1.807, 2.05) is 32.0 Å². The van der Waals surface area contributed by atoms with Crippen molar-refractivity contribution in [3.05, 3.63) is 64.0 Å². The molecule has 2 heterocycles. The van der Waals surface area contributed by atoms with E-state index < -0.39 is 12.1 Å². The van der Waals surface area contributed by atoms with Crippen LogP contribution in [0, 0.1) is 13.8 Å². The summed E-state index contributed by atoms with van der Waals surface area (Å²) >= 11 is 0. The standard InChI is InChI=1S/C22H20O6/c1-13-8-14(2)10-16(9-13)27-20-12-26-19-11-15(5-6-17(19)21(20)23)28-22(24)18-4-3-7-25-18/h5-6,8-12,18H,3-4,7H2,1-2H3/t18-/m1/s1. The average Bonchev–Trinajstić information content (AvgIpc) is 3.18. The number of hydrogen-bond donors (Lipinski definition) is 0. The molecule has 0 radical (unpaired) electrons. The molecule has 1 atom stereocenters. The van der Waals surface area contributed by atoms with Gasteiger partial charge in [-0.15, -0.1) is 0 Å². The van der Waals surface area contributed by atoms with E-state index in [0.29, 0.717) is 35.5 Å². The Morgan fingerprint density at radius 3 is 2.57 bits per heavy atom. The van der Waals surface area contributed by atoms with Crippen LogP contribution < -0.4 is 14.9 Å². The lowest BCUT2D eigenvalue weighted by molar-refractivity contribution is -0.144. The van der Waals surface area contributed by atoms with Gasteiger partial charge in [-0.3, -0.25) is 4.79 Å². The molecule has 28 heavy (non-hydrogen) atoms. The topological polar surface area (TPSA) is 75.0 Å². The van der Waals surface area contributed by atoms with Crippen molar-refractivity contribution >= 4 is 16.9 Å². The third kappa shape index (κ3) is 3.77. The van der Waals surface area contributed by atoms with E-state index in [2.05, 4.69) is 0 Å². The smallest absolute Gasteiger partial charge is 0.340 e. The van der Waals surface area contributed by atoms with E-state index >= 15 is 0 Å². The molecule has 1 aliphatic rings. The summed E-state index contributed by atoms with van der Waals surface area (Å²) in [5.74, 6) is 0.543. The van der Waals surface area contributed by atoms with Gasteiger partial charge < -0.3 is 18.6 Å². The first kappa shape index (κ1) is 18.3. The van der Waals surface area contributed by atoms with E-state index in [0.717, 1.165) is 17.5 Å². The van der Waals surface area contributed by atoms with E-state index in [9.17, 15) is 9.59 Å². The zero-order valence-corrected chi connectivity index (χ0v) is 15.7. The summed E-state index contributed by atoms with van der Waals surface area (Å²) < 4.78 is 21.9. The molecular weight excluding hydrogens is 360 g/mol. The van der Waals surface area contributed by atoms with Gasteiger partial charge in [-0.25, -0.2) is 4.79 Å². The third-order valence-electron chi connectivity index (χ3n) is 4.55. The SMILES string of the molecule is Cc1cc(C)cc(Oc2coc3cc(OC(=O)[C@H]4CCCO4)ccc3c2=O)c1. The molecule has 1 aliphatic heterocycles. The van der Waals surface area contributed by atoms with Gasteiger partial charge in [0.15, 0.2) is 6.10 Å². The minimum Gasteiger partial charge on any atom is -0.460 e. The third-order valence-corrected chi connectivity index (χ3v) is 4.55. The number of esters is 1. The Morgan fingerprint density at radius 2 is 1.86 bits per heavy atom. The Morgan fingerprint density at radius 1 is 1.07 bits per heavy atom. The summed E-state index contributed by atoms with van der Waals surface area (Å²) in [7, 11) is 0. The van der Waals surface area contributed by atoms with Crippen molar-refractivity contribution in [3.8, 4) is 17.2 Å². The molecule has 0 bridgehead atoms. The van der Waals surface area contributed by atoms with Gasteiger partial charge in [-0.1, -0.05) is 6.07 Å². The highest BCUT2D eigenvalue weighted by atomic mass is 16.6. The van der Waals surface area contributed by atoms with Crippen LogP contribution in [-0.4, -0.2) is 18.7 Å². The summed E-state index contributed by atoms with van der Waals surface area (Å²) in [6.45, 7) is 4.49. The molecule has 2 aromatic carbocycles. The van der Waals surface area contributed by atoms with Gasteiger partial charge in [0.2, 0.25) is 11.2 Å². The van der Waals surface area contributed by atoms with Crippen molar-refractivity contribution in [2.45, 2.75) is 32.8 Å². The van der Waals surface area contributed by atoms with Crippen LogP contribution in [0.5, 0.6) is 17.2 Å². The Bertz CT molecular complexity index is 1070. The molecule has 0 unspecified atom stereocenters. The van der Waals surface area contributed by atoms with Gasteiger partial charge in [-0.05, 0) is 62.1 Å². The summed E-state index contributed by atoms with van der Waals surface area (Å²) in [6, 6.07) is 10.4. The van der Waals surface area contributed by atoms with Crippen LogP contribution in [0.4, 0.5) is 0 Å². The van der Waals surface area contributed by atoms with E-state index in [4.69, 9.17) is 18.6 Å². The Hall–Kier alpha value is -3.12. The predicted octanol–water partition coefficient (Wildman–Crippen LogP) is 4.29. The summed E-state index contributed by atoms with van der Waals surface area (Å²) in [5.41, 5.74) is 2.10. The fourth-order valence-electron chi connectivity index (χ4n) is 3.29. The number of hydrogen-bond acceptors (Lipinski definition) is 6. The van der Waals surface area contributed by atoms with Crippen molar-refractivity contribution in [3.63, 3.8) is 0 Å². The second-order valence-corrected chi connectivity index (χ2v) is 6.94. The predicted molar refractivity (Wildman–Crippen MR) is 103 cm³/mol. The first-order chi connectivity index (χ1) is 13.5.